The third-order valence-corrected chi connectivity index (χ3v) is 5.12. The Morgan fingerprint density at radius 1 is 0.893 bits per heavy atom. The van der Waals surface area contributed by atoms with Crippen LogP contribution in [0.3, 0.4) is 0 Å². The van der Waals surface area contributed by atoms with Crippen molar-refractivity contribution in [3.05, 3.63) is 96.3 Å². The number of carbonyl (C=O) groups is 1. The minimum Gasteiger partial charge on any atom is -0.322 e. The number of halogens is 1. The summed E-state index contributed by atoms with van der Waals surface area (Å²) in [6.45, 7) is 0. The molecule has 0 aliphatic heterocycles. The summed E-state index contributed by atoms with van der Waals surface area (Å²) in [6.07, 6.45) is 3.00. The van der Waals surface area contributed by atoms with Crippen LogP contribution in [0.2, 0.25) is 0 Å². The molecule has 3 aromatic carbocycles. The fraction of sp³-hybridized carbons (Fsp3) is 0. The molecule has 142 valence electrons. The first-order chi connectivity index (χ1) is 13.4. The van der Waals surface area contributed by atoms with Crippen molar-refractivity contribution in [3.63, 3.8) is 0 Å². The molecule has 3 rings (SSSR count). The summed E-state index contributed by atoms with van der Waals surface area (Å²) in [7, 11) is -4.01. The molecule has 0 spiro atoms. The Kier molecular flexibility index (Phi) is 5.86. The van der Waals surface area contributed by atoms with Crippen molar-refractivity contribution >= 4 is 33.4 Å². The van der Waals surface area contributed by atoms with Crippen LogP contribution in [-0.4, -0.2) is 14.3 Å². The van der Waals surface area contributed by atoms with Crippen LogP contribution in [0.1, 0.15) is 5.56 Å². The number of benzene rings is 3. The predicted molar refractivity (Wildman–Crippen MR) is 108 cm³/mol. The Hall–Kier alpha value is -3.45. The smallest absolute Gasteiger partial charge is 0.262 e. The molecule has 0 aromatic heterocycles. The number of rotatable bonds is 6. The Morgan fingerprint density at radius 3 is 2.36 bits per heavy atom. The average molecular weight is 396 g/mol. The SMILES string of the molecule is O=C(/C=C/c1ccccc1)Nc1cccc(S(=O)(=O)Nc2ccccc2F)c1. The van der Waals surface area contributed by atoms with E-state index in [-0.39, 0.29) is 10.6 Å². The molecule has 0 atom stereocenters. The lowest BCUT2D eigenvalue weighted by atomic mass is 10.2. The van der Waals surface area contributed by atoms with Gasteiger partial charge in [-0.3, -0.25) is 9.52 Å². The van der Waals surface area contributed by atoms with Gasteiger partial charge in [-0.25, -0.2) is 12.8 Å². The van der Waals surface area contributed by atoms with E-state index in [1.54, 1.807) is 12.1 Å². The van der Waals surface area contributed by atoms with Gasteiger partial charge in [-0.1, -0.05) is 48.5 Å². The lowest BCUT2D eigenvalue weighted by molar-refractivity contribution is -0.111. The second-order valence-electron chi connectivity index (χ2n) is 5.85. The zero-order valence-electron chi connectivity index (χ0n) is 14.7. The molecule has 5 nitrogen and oxygen atoms in total. The van der Waals surface area contributed by atoms with Crippen molar-refractivity contribution in [2.75, 3.05) is 10.0 Å². The molecule has 0 bridgehead atoms. The average Bonchev–Trinajstić information content (AvgIpc) is 2.69. The quantitative estimate of drug-likeness (QED) is 0.611. The van der Waals surface area contributed by atoms with E-state index in [1.165, 1.54) is 42.5 Å². The zero-order valence-corrected chi connectivity index (χ0v) is 15.5. The van der Waals surface area contributed by atoms with Gasteiger partial charge in [-0.2, -0.15) is 0 Å². The van der Waals surface area contributed by atoms with Crippen LogP contribution < -0.4 is 10.0 Å². The van der Waals surface area contributed by atoms with Gasteiger partial charge in [0.15, 0.2) is 0 Å². The van der Waals surface area contributed by atoms with Crippen LogP contribution in [-0.2, 0) is 14.8 Å². The van der Waals surface area contributed by atoms with E-state index < -0.39 is 21.7 Å². The summed E-state index contributed by atoms with van der Waals surface area (Å²) in [5.74, 6) is -1.08. The van der Waals surface area contributed by atoms with E-state index in [2.05, 4.69) is 10.0 Å². The molecular formula is C21H17FN2O3S. The molecule has 2 N–H and O–H groups in total. The van der Waals surface area contributed by atoms with Gasteiger partial charge in [-0.05, 0) is 42.0 Å². The van der Waals surface area contributed by atoms with E-state index in [1.807, 2.05) is 30.3 Å². The van der Waals surface area contributed by atoms with Gasteiger partial charge in [0, 0.05) is 11.8 Å². The van der Waals surface area contributed by atoms with Crippen molar-refractivity contribution in [1.82, 2.24) is 0 Å². The molecule has 3 aromatic rings. The lowest BCUT2D eigenvalue weighted by Gasteiger charge is -2.10. The number of anilines is 2. The van der Waals surface area contributed by atoms with Crippen molar-refractivity contribution in [2.45, 2.75) is 4.90 Å². The summed E-state index contributed by atoms with van der Waals surface area (Å²) in [5.41, 5.74) is 1.02. The molecule has 28 heavy (non-hydrogen) atoms. The molecule has 0 saturated carbocycles. The second-order valence-corrected chi connectivity index (χ2v) is 7.53. The Bertz CT molecular complexity index is 1110. The fourth-order valence-corrected chi connectivity index (χ4v) is 3.52. The number of carbonyl (C=O) groups excluding carboxylic acids is 1. The number of hydrogen-bond acceptors (Lipinski definition) is 3. The standard InChI is InChI=1S/C21H17FN2O3S/c22-19-11-4-5-12-20(19)24-28(26,27)18-10-6-9-17(15-18)23-21(25)14-13-16-7-2-1-3-8-16/h1-15,24H,(H,23,25)/b14-13+. The molecule has 0 fully saturated rings. The van der Waals surface area contributed by atoms with Crippen molar-refractivity contribution in [1.29, 1.82) is 0 Å². The number of nitrogens with one attached hydrogen (secondary N) is 2. The summed E-state index contributed by atoms with van der Waals surface area (Å²) in [6, 6.07) is 20.5. The number of hydrogen-bond donors (Lipinski definition) is 2. The number of sulfonamides is 1. The van der Waals surface area contributed by atoms with Gasteiger partial charge in [0.25, 0.3) is 10.0 Å². The van der Waals surface area contributed by atoms with E-state index in [0.717, 1.165) is 11.6 Å². The highest BCUT2D eigenvalue weighted by atomic mass is 32.2. The maximum atomic E-state index is 13.7. The maximum Gasteiger partial charge on any atom is 0.262 e. The van der Waals surface area contributed by atoms with Gasteiger partial charge in [0.05, 0.1) is 10.6 Å². The summed E-state index contributed by atoms with van der Waals surface area (Å²) in [4.78, 5) is 12.0. The third-order valence-electron chi connectivity index (χ3n) is 3.76. The van der Waals surface area contributed by atoms with Crippen molar-refractivity contribution in [2.24, 2.45) is 0 Å². The minimum atomic E-state index is -4.01. The highest BCUT2D eigenvalue weighted by Gasteiger charge is 2.16. The first-order valence-electron chi connectivity index (χ1n) is 8.35. The minimum absolute atomic E-state index is 0.0967. The molecule has 7 heteroatoms. The van der Waals surface area contributed by atoms with Gasteiger partial charge < -0.3 is 5.32 Å². The Labute approximate surface area is 162 Å². The lowest BCUT2D eigenvalue weighted by Crippen LogP contribution is -2.15. The molecular weight excluding hydrogens is 379 g/mol. The second kappa shape index (κ2) is 8.49. The molecule has 0 aliphatic carbocycles. The Balaban J connectivity index is 1.73. The molecule has 0 heterocycles. The van der Waals surface area contributed by atoms with Crippen molar-refractivity contribution in [3.8, 4) is 0 Å². The predicted octanol–water partition coefficient (Wildman–Crippen LogP) is 4.28. The normalized spacial score (nSPS) is 11.3. The monoisotopic (exact) mass is 396 g/mol. The summed E-state index contributed by atoms with van der Waals surface area (Å²) in [5, 5.41) is 2.61. The fourth-order valence-electron chi connectivity index (χ4n) is 2.41. The summed E-state index contributed by atoms with van der Waals surface area (Å²) < 4.78 is 40.9. The van der Waals surface area contributed by atoms with E-state index in [9.17, 15) is 17.6 Å². The molecule has 0 aliphatic rings. The van der Waals surface area contributed by atoms with Gasteiger partial charge >= 0.3 is 0 Å². The zero-order chi connectivity index (χ0) is 20.0. The van der Waals surface area contributed by atoms with Crippen LogP contribution in [0.5, 0.6) is 0 Å². The Morgan fingerprint density at radius 2 is 1.61 bits per heavy atom. The molecule has 0 radical (unpaired) electrons. The van der Waals surface area contributed by atoms with Crippen LogP contribution >= 0.6 is 0 Å². The molecule has 0 saturated heterocycles. The first kappa shape index (κ1) is 19.3. The van der Waals surface area contributed by atoms with Crippen LogP contribution in [0.15, 0.2) is 89.8 Å². The highest BCUT2D eigenvalue weighted by molar-refractivity contribution is 7.92. The van der Waals surface area contributed by atoms with Gasteiger partial charge in [0.1, 0.15) is 5.82 Å². The van der Waals surface area contributed by atoms with Crippen LogP contribution in [0, 0.1) is 5.82 Å². The summed E-state index contributed by atoms with van der Waals surface area (Å²) >= 11 is 0. The van der Waals surface area contributed by atoms with Crippen molar-refractivity contribution < 1.29 is 17.6 Å². The van der Waals surface area contributed by atoms with E-state index >= 15 is 0 Å². The highest BCUT2D eigenvalue weighted by Crippen LogP contribution is 2.21. The topological polar surface area (TPSA) is 75.3 Å². The van der Waals surface area contributed by atoms with E-state index in [0.29, 0.717) is 5.69 Å². The maximum absolute atomic E-state index is 13.7. The number of amides is 1. The third kappa shape index (κ3) is 5.05. The molecule has 1 amide bonds. The van der Waals surface area contributed by atoms with Gasteiger partial charge in [-0.15, -0.1) is 0 Å². The largest absolute Gasteiger partial charge is 0.322 e. The molecule has 0 unspecified atom stereocenters. The van der Waals surface area contributed by atoms with Gasteiger partial charge in [0.2, 0.25) is 5.91 Å². The van der Waals surface area contributed by atoms with Crippen LogP contribution in [0.25, 0.3) is 6.08 Å². The van der Waals surface area contributed by atoms with E-state index in [4.69, 9.17) is 0 Å². The number of para-hydroxylation sites is 1. The van der Waals surface area contributed by atoms with Crippen LogP contribution in [0.4, 0.5) is 15.8 Å². The first-order valence-corrected chi connectivity index (χ1v) is 9.84.